The van der Waals surface area contributed by atoms with Gasteiger partial charge in [-0.05, 0) is 19.4 Å². The van der Waals surface area contributed by atoms with E-state index in [2.05, 4.69) is 18.7 Å². The molecule has 0 aromatic heterocycles. The van der Waals surface area contributed by atoms with Crippen LogP contribution in [0.4, 0.5) is 4.39 Å². The van der Waals surface area contributed by atoms with E-state index >= 15 is 0 Å². The van der Waals surface area contributed by atoms with Gasteiger partial charge in [0, 0.05) is 41.7 Å². The van der Waals surface area contributed by atoms with Crippen molar-refractivity contribution in [2.45, 2.75) is 38.0 Å². The molecule has 1 heterocycles. The van der Waals surface area contributed by atoms with Gasteiger partial charge in [-0.1, -0.05) is 31.5 Å². The van der Waals surface area contributed by atoms with Crippen LogP contribution in [0.25, 0.3) is 0 Å². The Labute approximate surface area is 125 Å². The summed E-state index contributed by atoms with van der Waals surface area (Å²) in [5.41, 5.74) is 7.79. The lowest BCUT2D eigenvalue weighted by Crippen LogP contribution is -2.36. The first-order valence-electron chi connectivity index (χ1n) is 7.27. The van der Waals surface area contributed by atoms with Gasteiger partial charge in [-0.2, -0.15) is 11.8 Å². The summed E-state index contributed by atoms with van der Waals surface area (Å²) in [4.78, 5) is 2.35. The fourth-order valence-electron chi connectivity index (χ4n) is 2.74. The maximum atomic E-state index is 14.1. The van der Waals surface area contributed by atoms with Crippen molar-refractivity contribution in [1.29, 1.82) is 0 Å². The number of rotatable bonds is 3. The summed E-state index contributed by atoms with van der Waals surface area (Å²) in [6.07, 6.45) is 1.11. The number of hydrogen-bond donors (Lipinski definition) is 1. The summed E-state index contributed by atoms with van der Waals surface area (Å²) < 4.78 is 14.4. The molecule has 4 heteroatoms. The van der Waals surface area contributed by atoms with E-state index < -0.39 is 0 Å². The molecule has 1 fully saturated rings. The topological polar surface area (TPSA) is 29.3 Å². The second-order valence-corrected chi connectivity index (χ2v) is 7.97. The van der Waals surface area contributed by atoms with Crippen LogP contribution >= 0.6 is 11.8 Å². The summed E-state index contributed by atoms with van der Waals surface area (Å²) in [7, 11) is 0. The first-order valence-corrected chi connectivity index (χ1v) is 8.25. The highest BCUT2D eigenvalue weighted by molar-refractivity contribution is 8.00. The molecule has 0 amide bonds. The number of aryl methyl sites for hydroxylation is 1. The zero-order valence-electron chi connectivity index (χ0n) is 12.7. The van der Waals surface area contributed by atoms with E-state index in [4.69, 9.17) is 5.73 Å². The summed E-state index contributed by atoms with van der Waals surface area (Å²) >= 11 is 2.00. The molecule has 1 aliphatic heterocycles. The molecule has 0 bridgehead atoms. The molecule has 1 atom stereocenters. The monoisotopic (exact) mass is 296 g/mol. The fourth-order valence-corrected chi connectivity index (χ4v) is 3.85. The molecule has 1 unspecified atom stereocenters. The number of nitrogens with two attached hydrogens (primary N) is 1. The van der Waals surface area contributed by atoms with Crippen molar-refractivity contribution in [2.24, 2.45) is 5.73 Å². The van der Waals surface area contributed by atoms with Crippen LogP contribution in [-0.2, 0) is 0 Å². The molecule has 0 saturated carbocycles. The third-order valence-electron chi connectivity index (χ3n) is 4.05. The van der Waals surface area contributed by atoms with E-state index in [0.717, 1.165) is 36.4 Å². The van der Waals surface area contributed by atoms with Gasteiger partial charge in [0.05, 0.1) is 0 Å². The normalized spacial score (nSPS) is 21.4. The summed E-state index contributed by atoms with van der Waals surface area (Å²) in [6, 6.07) is 5.30. The van der Waals surface area contributed by atoms with Crippen molar-refractivity contribution in [3.8, 4) is 0 Å². The van der Waals surface area contributed by atoms with E-state index in [-0.39, 0.29) is 11.9 Å². The molecule has 112 valence electrons. The number of hydrogen-bond acceptors (Lipinski definition) is 3. The molecule has 1 aromatic carbocycles. The zero-order valence-corrected chi connectivity index (χ0v) is 13.5. The van der Waals surface area contributed by atoms with Gasteiger partial charge in [-0.25, -0.2) is 4.39 Å². The summed E-state index contributed by atoms with van der Waals surface area (Å²) in [5.74, 6) is 0.943. The summed E-state index contributed by atoms with van der Waals surface area (Å²) in [6.45, 7) is 8.99. The van der Waals surface area contributed by atoms with Crippen LogP contribution in [0.15, 0.2) is 18.2 Å². The lowest BCUT2D eigenvalue weighted by atomic mass is 10.0. The minimum atomic E-state index is -0.137. The van der Waals surface area contributed by atoms with Crippen LogP contribution in [0.1, 0.15) is 37.4 Å². The summed E-state index contributed by atoms with van der Waals surface area (Å²) in [5, 5.41) is 0. The second-order valence-electron chi connectivity index (χ2n) is 6.17. The molecular weight excluding hydrogens is 271 g/mol. The Morgan fingerprint density at radius 1 is 1.40 bits per heavy atom. The second kappa shape index (κ2) is 6.46. The number of thioether (sulfide) groups is 1. The van der Waals surface area contributed by atoms with Crippen LogP contribution < -0.4 is 5.73 Å². The predicted octanol–water partition coefficient (Wildman–Crippen LogP) is 3.35. The van der Waals surface area contributed by atoms with Crippen molar-refractivity contribution in [1.82, 2.24) is 4.90 Å². The van der Waals surface area contributed by atoms with Gasteiger partial charge in [0.1, 0.15) is 5.82 Å². The molecule has 1 aliphatic rings. The van der Waals surface area contributed by atoms with Gasteiger partial charge < -0.3 is 5.73 Å². The minimum Gasteiger partial charge on any atom is -0.329 e. The van der Waals surface area contributed by atoms with Gasteiger partial charge in [0.25, 0.3) is 0 Å². The lowest BCUT2D eigenvalue weighted by molar-refractivity contribution is 0.207. The Kier molecular flexibility index (Phi) is 5.10. The maximum absolute atomic E-state index is 14.1. The smallest absolute Gasteiger partial charge is 0.128 e. The Morgan fingerprint density at radius 2 is 2.15 bits per heavy atom. The first kappa shape index (κ1) is 15.8. The molecule has 20 heavy (non-hydrogen) atoms. The molecular formula is C16H25FN2S. The Morgan fingerprint density at radius 3 is 2.85 bits per heavy atom. The largest absolute Gasteiger partial charge is 0.329 e. The standard InChI is InChI=1S/C16H25FN2S/c1-12-4-5-14(17)13(10-12)15(11-18)19-7-6-16(2,3)20-9-8-19/h4-5,10,15H,6-9,11,18H2,1-3H3. The van der Waals surface area contributed by atoms with Crippen molar-refractivity contribution in [3.05, 3.63) is 35.1 Å². The number of halogens is 1. The Hall–Kier alpha value is -0.580. The van der Waals surface area contributed by atoms with E-state index in [1.807, 2.05) is 30.8 Å². The van der Waals surface area contributed by atoms with E-state index in [0.29, 0.717) is 11.3 Å². The highest BCUT2D eigenvalue weighted by atomic mass is 32.2. The van der Waals surface area contributed by atoms with Gasteiger partial charge in [0.15, 0.2) is 0 Å². The highest BCUT2D eigenvalue weighted by Gasteiger charge is 2.28. The molecule has 2 N–H and O–H groups in total. The molecule has 0 radical (unpaired) electrons. The average Bonchev–Trinajstić information content (AvgIpc) is 2.56. The molecule has 2 rings (SSSR count). The highest BCUT2D eigenvalue weighted by Crippen LogP contribution is 2.34. The Bertz CT molecular complexity index is 462. The Balaban J connectivity index is 2.21. The van der Waals surface area contributed by atoms with E-state index in [1.54, 1.807) is 6.07 Å². The van der Waals surface area contributed by atoms with E-state index in [9.17, 15) is 4.39 Å². The van der Waals surface area contributed by atoms with Crippen molar-refractivity contribution < 1.29 is 4.39 Å². The molecule has 0 aliphatic carbocycles. The van der Waals surface area contributed by atoms with Gasteiger partial charge in [-0.15, -0.1) is 0 Å². The SMILES string of the molecule is Cc1ccc(F)c(C(CN)N2CCSC(C)(C)CC2)c1. The van der Waals surface area contributed by atoms with E-state index in [1.165, 1.54) is 0 Å². The average molecular weight is 296 g/mol. The third-order valence-corrected chi connectivity index (χ3v) is 5.42. The van der Waals surface area contributed by atoms with Crippen LogP contribution in [0.5, 0.6) is 0 Å². The van der Waals surface area contributed by atoms with Gasteiger partial charge in [-0.3, -0.25) is 4.90 Å². The number of benzene rings is 1. The minimum absolute atomic E-state index is 0.00981. The van der Waals surface area contributed by atoms with Gasteiger partial charge >= 0.3 is 0 Å². The predicted molar refractivity (Wildman–Crippen MR) is 85.7 cm³/mol. The lowest BCUT2D eigenvalue weighted by Gasteiger charge is -2.30. The molecule has 1 saturated heterocycles. The van der Waals surface area contributed by atoms with Crippen LogP contribution in [-0.4, -0.2) is 35.0 Å². The van der Waals surface area contributed by atoms with Crippen LogP contribution in [0.3, 0.4) is 0 Å². The third kappa shape index (κ3) is 3.74. The first-order chi connectivity index (χ1) is 9.43. The van der Waals surface area contributed by atoms with Crippen LogP contribution in [0.2, 0.25) is 0 Å². The van der Waals surface area contributed by atoms with Crippen molar-refractivity contribution >= 4 is 11.8 Å². The van der Waals surface area contributed by atoms with Crippen molar-refractivity contribution in [3.63, 3.8) is 0 Å². The van der Waals surface area contributed by atoms with Gasteiger partial charge in [0.2, 0.25) is 0 Å². The van der Waals surface area contributed by atoms with Crippen molar-refractivity contribution in [2.75, 3.05) is 25.4 Å². The number of nitrogens with zero attached hydrogens (tertiary/aromatic N) is 1. The molecule has 1 aromatic rings. The molecule has 0 spiro atoms. The quantitative estimate of drug-likeness (QED) is 0.927. The zero-order chi connectivity index (χ0) is 14.8. The maximum Gasteiger partial charge on any atom is 0.128 e. The molecule has 2 nitrogen and oxygen atoms in total. The van der Waals surface area contributed by atoms with Crippen LogP contribution in [0, 0.1) is 12.7 Å². The fraction of sp³-hybridized carbons (Fsp3) is 0.625.